The molecule has 1 atom stereocenters. The van der Waals surface area contributed by atoms with Crippen molar-refractivity contribution in [2.24, 2.45) is 5.92 Å². The quantitative estimate of drug-likeness (QED) is 0.776. The third-order valence-electron chi connectivity index (χ3n) is 5.47. The third-order valence-corrected chi connectivity index (χ3v) is 5.47. The molecule has 3 amide bonds. The maximum Gasteiger partial charge on any atom is 0.326 e. The van der Waals surface area contributed by atoms with Gasteiger partial charge in [0.1, 0.15) is 11.4 Å². The first-order chi connectivity index (χ1) is 12.8. The number of amides is 3. The minimum absolute atomic E-state index is 0.148. The molecule has 148 valence electrons. The molecule has 1 N–H and O–H groups in total. The number of anilines is 1. The summed E-state index contributed by atoms with van der Waals surface area (Å²) in [4.78, 5) is 30.6. The van der Waals surface area contributed by atoms with Crippen molar-refractivity contribution in [3.05, 3.63) is 30.1 Å². The van der Waals surface area contributed by atoms with Crippen LogP contribution in [0.15, 0.2) is 24.3 Å². The Balaban J connectivity index is 1.56. The number of hydrogen-bond acceptors (Lipinski definition) is 4. The van der Waals surface area contributed by atoms with Crippen molar-refractivity contribution < 1.29 is 14.0 Å². The predicted molar refractivity (Wildman–Crippen MR) is 103 cm³/mol. The number of imide groups is 1. The number of benzene rings is 1. The van der Waals surface area contributed by atoms with Crippen LogP contribution in [0.4, 0.5) is 14.9 Å². The molecule has 2 heterocycles. The van der Waals surface area contributed by atoms with E-state index in [1.165, 1.54) is 11.0 Å². The fourth-order valence-electron chi connectivity index (χ4n) is 3.66. The van der Waals surface area contributed by atoms with E-state index >= 15 is 0 Å². The van der Waals surface area contributed by atoms with Gasteiger partial charge in [-0.3, -0.25) is 9.69 Å². The summed E-state index contributed by atoms with van der Waals surface area (Å²) in [5, 5.41) is 2.87. The number of nitrogens with zero attached hydrogens (tertiary/aromatic N) is 3. The van der Waals surface area contributed by atoms with Gasteiger partial charge < -0.3 is 10.2 Å². The van der Waals surface area contributed by atoms with Crippen molar-refractivity contribution in [3.8, 4) is 0 Å². The fraction of sp³-hybridized carbons (Fsp3) is 0.600. The van der Waals surface area contributed by atoms with E-state index in [0.29, 0.717) is 44.2 Å². The number of urea groups is 1. The van der Waals surface area contributed by atoms with Gasteiger partial charge in [-0.05, 0) is 37.8 Å². The van der Waals surface area contributed by atoms with Gasteiger partial charge in [-0.1, -0.05) is 26.0 Å². The van der Waals surface area contributed by atoms with E-state index in [1.54, 1.807) is 12.1 Å². The fourth-order valence-corrected chi connectivity index (χ4v) is 3.66. The van der Waals surface area contributed by atoms with Crippen molar-refractivity contribution in [3.63, 3.8) is 0 Å². The lowest BCUT2D eigenvalue weighted by Gasteiger charge is -2.37. The summed E-state index contributed by atoms with van der Waals surface area (Å²) in [5.74, 6) is 0.109. The molecular formula is C20H29FN4O2. The molecular weight excluding hydrogens is 347 g/mol. The van der Waals surface area contributed by atoms with E-state index in [4.69, 9.17) is 0 Å². The molecule has 0 aliphatic carbocycles. The Labute approximate surface area is 160 Å². The van der Waals surface area contributed by atoms with Crippen LogP contribution in [0.3, 0.4) is 0 Å². The monoisotopic (exact) mass is 376 g/mol. The van der Waals surface area contributed by atoms with E-state index < -0.39 is 5.54 Å². The van der Waals surface area contributed by atoms with Crippen LogP contribution in [0.5, 0.6) is 0 Å². The summed E-state index contributed by atoms with van der Waals surface area (Å²) in [6.45, 7) is 8.99. The van der Waals surface area contributed by atoms with Crippen molar-refractivity contribution in [1.29, 1.82) is 0 Å². The highest BCUT2D eigenvalue weighted by Crippen LogP contribution is 2.25. The number of para-hydroxylation sites is 1. The molecule has 3 rings (SSSR count). The van der Waals surface area contributed by atoms with Crippen LogP contribution in [0.2, 0.25) is 0 Å². The summed E-state index contributed by atoms with van der Waals surface area (Å²) < 4.78 is 14.0. The second-order valence-corrected chi connectivity index (χ2v) is 8.13. The number of carbonyl (C=O) groups is 2. The number of halogens is 1. The minimum atomic E-state index is -0.809. The highest BCUT2D eigenvalue weighted by Gasteiger charge is 2.47. The predicted octanol–water partition coefficient (Wildman–Crippen LogP) is 2.65. The number of nitrogens with one attached hydrogen (secondary N) is 1. The lowest BCUT2D eigenvalue weighted by Crippen LogP contribution is -2.52. The van der Waals surface area contributed by atoms with Crippen LogP contribution in [-0.2, 0) is 4.79 Å². The maximum atomic E-state index is 14.0. The molecule has 0 radical (unpaired) electrons. The first-order valence-electron chi connectivity index (χ1n) is 9.66. The van der Waals surface area contributed by atoms with Gasteiger partial charge in [0.25, 0.3) is 5.91 Å². The largest absolute Gasteiger partial charge is 0.367 e. The van der Waals surface area contributed by atoms with Gasteiger partial charge in [0, 0.05) is 26.2 Å². The van der Waals surface area contributed by atoms with Crippen LogP contribution in [0, 0.1) is 11.7 Å². The first kappa shape index (κ1) is 19.6. The zero-order valence-electron chi connectivity index (χ0n) is 16.4. The number of rotatable bonds is 6. The SMILES string of the molecule is CC(C)CC[C@]1(C)NC(=O)N(CN2CCN(c3ccccc3F)CC2)C1=O. The molecule has 1 aromatic carbocycles. The molecule has 7 heteroatoms. The first-order valence-corrected chi connectivity index (χ1v) is 9.66. The lowest BCUT2D eigenvalue weighted by atomic mass is 9.92. The topological polar surface area (TPSA) is 55.9 Å². The molecule has 0 bridgehead atoms. The standard InChI is InChI=1S/C20H29FN4O2/c1-15(2)8-9-20(3)18(26)25(19(27)22-20)14-23-10-12-24(13-11-23)17-7-5-4-6-16(17)21/h4-7,15H,8-14H2,1-3H3,(H,22,27)/t20-/m0/s1. The van der Waals surface area contributed by atoms with Gasteiger partial charge in [-0.15, -0.1) is 0 Å². The van der Waals surface area contributed by atoms with Gasteiger partial charge in [-0.2, -0.15) is 0 Å². The Hall–Kier alpha value is -2.15. The van der Waals surface area contributed by atoms with E-state index in [0.717, 1.165) is 6.42 Å². The molecule has 1 aromatic rings. The summed E-state index contributed by atoms with van der Waals surface area (Å²) in [6.07, 6.45) is 1.53. The highest BCUT2D eigenvalue weighted by atomic mass is 19.1. The van der Waals surface area contributed by atoms with Crippen molar-refractivity contribution in [2.75, 3.05) is 37.7 Å². The van der Waals surface area contributed by atoms with Gasteiger partial charge in [0.15, 0.2) is 0 Å². The number of hydrogen-bond donors (Lipinski definition) is 1. The molecule has 2 aliphatic heterocycles. The zero-order chi connectivity index (χ0) is 19.6. The smallest absolute Gasteiger partial charge is 0.326 e. The van der Waals surface area contributed by atoms with Crippen molar-refractivity contribution >= 4 is 17.6 Å². The van der Waals surface area contributed by atoms with E-state index in [-0.39, 0.29) is 24.4 Å². The summed E-state index contributed by atoms with van der Waals surface area (Å²) in [6, 6.07) is 6.44. The van der Waals surface area contributed by atoms with Crippen molar-refractivity contribution in [2.45, 2.75) is 39.2 Å². The second-order valence-electron chi connectivity index (χ2n) is 8.13. The minimum Gasteiger partial charge on any atom is -0.367 e. The molecule has 0 unspecified atom stereocenters. The average Bonchev–Trinajstić information content (AvgIpc) is 2.85. The molecule has 2 aliphatic rings. The number of piperazine rings is 1. The molecule has 0 saturated carbocycles. The van der Waals surface area contributed by atoms with Crippen LogP contribution >= 0.6 is 0 Å². The molecule has 2 fully saturated rings. The number of carbonyl (C=O) groups excluding carboxylic acids is 2. The van der Waals surface area contributed by atoms with Crippen LogP contribution < -0.4 is 10.2 Å². The Morgan fingerprint density at radius 3 is 2.44 bits per heavy atom. The van der Waals surface area contributed by atoms with Gasteiger partial charge >= 0.3 is 6.03 Å². The van der Waals surface area contributed by atoms with E-state index in [1.807, 2.05) is 17.9 Å². The molecule has 0 aromatic heterocycles. The molecule has 6 nitrogen and oxygen atoms in total. The summed E-state index contributed by atoms with van der Waals surface area (Å²) >= 11 is 0. The van der Waals surface area contributed by atoms with Crippen LogP contribution in [-0.4, -0.2) is 60.1 Å². The summed E-state index contributed by atoms with van der Waals surface area (Å²) in [7, 11) is 0. The Morgan fingerprint density at radius 2 is 1.81 bits per heavy atom. The van der Waals surface area contributed by atoms with Crippen LogP contribution in [0.25, 0.3) is 0 Å². The molecule has 0 spiro atoms. The highest BCUT2D eigenvalue weighted by molar-refractivity contribution is 6.06. The zero-order valence-corrected chi connectivity index (χ0v) is 16.4. The van der Waals surface area contributed by atoms with Gasteiger partial charge in [0.05, 0.1) is 12.4 Å². The van der Waals surface area contributed by atoms with Gasteiger partial charge in [0.2, 0.25) is 0 Å². The normalized spacial score (nSPS) is 24.0. The molecule has 27 heavy (non-hydrogen) atoms. The van der Waals surface area contributed by atoms with Crippen molar-refractivity contribution in [1.82, 2.24) is 15.1 Å². The summed E-state index contributed by atoms with van der Waals surface area (Å²) in [5.41, 5.74) is -0.204. The van der Waals surface area contributed by atoms with Crippen LogP contribution in [0.1, 0.15) is 33.6 Å². The van der Waals surface area contributed by atoms with E-state index in [9.17, 15) is 14.0 Å². The third kappa shape index (κ3) is 4.24. The Morgan fingerprint density at radius 1 is 1.15 bits per heavy atom. The maximum absolute atomic E-state index is 14.0. The second kappa shape index (κ2) is 7.84. The average molecular weight is 376 g/mol. The van der Waals surface area contributed by atoms with Gasteiger partial charge in [-0.25, -0.2) is 14.1 Å². The van der Waals surface area contributed by atoms with E-state index in [2.05, 4.69) is 24.1 Å². The molecule has 2 saturated heterocycles. The Kier molecular flexibility index (Phi) is 5.69. The lowest BCUT2D eigenvalue weighted by molar-refractivity contribution is -0.132. The Bertz CT molecular complexity index is 703.